The first-order chi connectivity index (χ1) is 10.9. The fraction of sp³-hybridized carbons (Fsp3) is 0.0667. The first kappa shape index (κ1) is 14.0. The van der Waals surface area contributed by atoms with Crippen LogP contribution in [-0.2, 0) is 6.54 Å². The van der Waals surface area contributed by atoms with E-state index in [1.54, 1.807) is 18.2 Å². The van der Waals surface area contributed by atoms with Crippen molar-refractivity contribution >= 4 is 34.7 Å². The summed E-state index contributed by atoms with van der Waals surface area (Å²) in [6.45, 7) is 0.0435. The van der Waals surface area contributed by atoms with Gasteiger partial charge in [-0.05, 0) is 17.7 Å². The zero-order valence-electron chi connectivity index (χ0n) is 11.6. The highest BCUT2D eigenvalue weighted by Crippen LogP contribution is 2.50. The van der Waals surface area contributed by atoms with E-state index in [0.29, 0.717) is 15.3 Å². The molecule has 0 saturated heterocycles. The molecule has 0 aliphatic carbocycles. The summed E-state index contributed by atoms with van der Waals surface area (Å²) in [5.41, 5.74) is 1.47. The Balaban J connectivity index is 1.94. The van der Waals surface area contributed by atoms with Gasteiger partial charge in [0.15, 0.2) is 0 Å². The lowest BCUT2D eigenvalue weighted by atomic mass is 10.0. The second-order valence-electron chi connectivity index (χ2n) is 5.47. The lowest BCUT2D eigenvalue weighted by molar-refractivity contribution is -0.412. The molecular formula is C15H9ClN3O4+. The van der Waals surface area contributed by atoms with Crippen molar-refractivity contribution in [2.75, 3.05) is 0 Å². The number of benzene rings is 2. The van der Waals surface area contributed by atoms with Gasteiger partial charge < -0.3 is 5.21 Å². The second-order valence-corrected chi connectivity index (χ2v) is 5.90. The smallest absolute Gasteiger partial charge is 0.429 e. The van der Waals surface area contributed by atoms with Crippen LogP contribution in [0.5, 0.6) is 0 Å². The number of non-ortho nitro benzene ring substituents is 1. The Morgan fingerprint density at radius 2 is 2.00 bits per heavy atom. The summed E-state index contributed by atoms with van der Waals surface area (Å²) in [5, 5.41) is 24.7. The second kappa shape index (κ2) is 4.45. The highest BCUT2D eigenvalue weighted by Gasteiger charge is 2.54. The molecule has 0 amide bonds. The Morgan fingerprint density at radius 1 is 1.22 bits per heavy atom. The van der Waals surface area contributed by atoms with E-state index in [0.717, 1.165) is 11.6 Å². The monoisotopic (exact) mass is 330 g/mol. The van der Waals surface area contributed by atoms with Crippen LogP contribution < -0.4 is 4.65 Å². The Bertz CT molecular complexity index is 940. The lowest BCUT2D eigenvalue weighted by Gasteiger charge is -2.35. The predicted molar refractivity (Wildman–Crippen MR) is 84.7 cm³/mol. The molecule has 4 rings (SSSR count). The van der Waals surface area contributed by atoms with E-state index in [4.69, 9.17) is 11.6 Å². The largest absolute Gasteiger partial charge is 0.617 e. The third-order valence-electron chi connectivity index (χ3n) is 4.14. The molecule has 0 aromatic heterocycles. The molecule has 0 saturated carbocycles. The molecule has 2 heterocycles. The minimum absolute atomic E-state index is 0.0133. The van der Waals surface area contributed by atoms with E-state index in [1.165, 1.54) is 18.2 Å². The van der Waals surface area contributed by atoms with E-state index < -0.39 is 9.57 Å². The molecule has 1 atom stereocenters. The maximum Gasteiger partial charge on any atom is 0.429 e. The summed E-state index contributed by atoms with van der Waals surface area (Å²) < 4.78 is -0.482. The van der Waals surface area contributed by atoms with E-state index >= 15 is 0 Å². The van der Waals surface area contributed by atoms with Gasteiger partial charge in [-0.3, -0.25) is 10.1 Å². The van der Waals surface area contributed by atoms with Crippen molar-refractivity contribution in [1.82, 2.24) is 4.65 Å². The number of nitrogens with zero attached hydrogens (tertiary/aromatic N) is 3. The van der Waals surface area contributed by atoms with Crippen LogP contribution in [0.2, 0.25) is 5.02 Å². The number of rotatable bonds is 1. The van der Waals surface area contributed by atoms with E-state index in [-0.39, 0.29) is 29.4 Å². The Morgan fingerprint density at radius 3 is 2.74 bits per heavy atom. The summed E-state index contributed by atoms with van der Waals surface area (Å²) in [6.07, 6.45) is 1.50. The number of hydroxylamine groups is 2. The number of hydrogen-bond acceptors (Lipinski definition) is 4. The molecule has 2 aromatic rings. The third-order valence-corrected chi connectivity index (χ3v) is 4.38. The zero-order chi connectivity index (χ0) is 16.4. The molecule has 0 N–H and O–H groups in total. The van der Waals surface area contributed by atoms with Crippen LogP contribution >= 0.6 is 11.6 Å². The van der Waals surface area contributed by atoms with Gasteiger partial charge in [-0.1, -0.05) is 17.7 Å². The van der Waals surface area contributed by atoms with Crippen molar-refractivity contribution in [2.45, 2.75) is 6.54 Å². The Labute approximate surface area is 134 Å². The number of nitro groups is 1. The van der Waals surface area contributed by atoms with Crippen molar-refractivity contribution < 1.29 is 9.68 Å². The van der Waals surface area contributed by atoms with Crippen LogP contribution in [0.25, 0.3) is 6.08 Å². The topological polar surface area (TPSA) is 86.3 Å². The van der Waals surface area contributed by atoms with Crippen LogP contribution in [0, 0.1) is 20.2 Å². The van der Waals surface area contributed by atoms with Crippen LogP contribution in [0.15, 0.2) is 42.2 Å². The summed E-state index contributed by atoms with van der Waals surface area (Å²) in [5.74, 6) is -0.0183. The molecule has 0 bridgehead atoms. The van der Waals surface area contributed by atoms with Crippen LogP contribution in [0.4, 0.5) is 17.1 Å². The number of nitroso groups, excluding NO2 is 1. The minimum Gasteiger partial charge on any atom is -0.617 e. The fourth-order valence-corrected chi connectivity index (χ4v) is 3.22. The first-order valence-corrected chi connectivity index (χ1v) is 7.14. The Hall–Kier alpha value is -2.61. The zero-order valence-corrected chi connectivity index (χ0v) is 12.4. The van der Waals surface area contributed by atoms with Gasteiger partial charge in [-0.2, -0.15) is 0 Å². The number of fused-ring (bicyclic) bond motifs is 4. The Kier molecular flexibility index (Phi) is 2.71. The molecule has 7 nitrogen and oxygen atoms in total. The fourth-order valence-electron chi connectivity index (χ4n) is 3.04. The standard InChI is InChI=1S/C15H9ClN3O4/c16-11-2-1-9-8-19(23)14-4-3-12(18(21)22)7-13(14)17(20)15(19)6-10(9)5-11/h1-7H,8H2/q+1. The van der Waals surface area contributed by atoms with Gasteiger partial charge in [-0.15, -0.1) is 0 Å². The molecule has 0 radical (unpaired) electrons. The average molecular weight is 331 g/mol. The van der Waals surface area contributed by atoms with Crippen LogP contribution in [0.3, 0.4) is 0 Å². The number of quaternary nitrogens is 1. The van der Waals surface area contributed by atoms with Crippen molar-refractivity contribution in [3.8, 4) is 0 Å². The van der Waals surface area contributed by atoms with Gasteiger partial charge in [0.2, 0.25) is 5.69 Å². The van der Waals surface area contributed by atoms with Gasteiger partial charge in [-0.25, -0.2) is 4.65 Å². The summed E-state index contributed by atoms with van der Waals surface area (Å²) in [7, 11) is 0. The molecule has 8 heteroatoms. The molecular weight excluding hydrogens is 322 g/mol. The third kappa shape index (κ3) is 1.84. The lowest BCUT2D eigenvalue weighted by Crippen LogP contribution is -2.41. The van der Waals surface area contributed by atoms with Gasteiger partial charge in [0, 0.05) is 27.6 Å². The average Bonchev–Trinajstić information content (AvgIpc) is 2.73. The van der Waals surface area contributed by atoms with Crippen LogP contribution in [0.1, 0.15) is 11.1 Å². The molecule has 0 spiro atoms. The normalized spacial score (nSPS) is 21.3. The minimum atomic E-state index is -0.953. The van der Waals surface area contributed by atoms with E-state index in [1.807, 2.05) is 0 Å². The maximum atomic E-state index is 13.3. The van der Waals surface area contributed by atoms with Gasteiger partial charge >= 0.3 is 11.5 Å². The summed E-state index contributed by atoms with van der Waals surface area (Å²) >= 11 is 5.96. The molecule has 2 aliphatic heterocycles. The molecule has 23 heavy (non-hydrogen) atoms. The van der Waals surface area contributed by atoms with Crippen molar-refractivity contribution in [1.29, 1.82) is 0 Å². The highest BCUT2D eigenvalue weighted by atomic mass is 35.5. The van der Waals surface area contributed by atoms with Crippen molar-refractivity contribution in [3.05, 3.63) is 78.6 Å². The number of hydrogen-bond donors (Lipinski definition) is 0. The SMILES string of the molecule is O=[N+]([O-])c1ccc2c(c1)[N+](=O)C1=Cc3cc(Cl)ccc3C[N+]12[O-]. The molecule has 2 aliphatic rings. The van der Waals surface area contributed by atoms with E-state index in [2.05, 4.69) is 0 Å². The van der Waals surface area contributed by atoms with Crippen molar-refractivity contribution in [2.24, 2.45) is 0 Å². The van der Waals surface area contributed by atoms with Gasteiger partial charge in [0.1, 0.15) is 11.3 Å². The highest BCUT2D eigenvalue weighted by molar-refractivity contribution is 6.30. The van der Waals surface area contributed by atoms with Gasteiger partial charge in [0.25, 0.3) is 5.69 Å². The molecule has 2 aromatic carbocycles. The molecule has 114 valence electrons. The number of nitro benzene ring substituents is 1. The summed E-state index contributed by atoms with van der Waals surface area (Å²) in [6, 6.07) is 8.86. The number of halogens is 1. The predicted octanol–water partition coefficient (Wildman–Crippen LogP) is 3.99. The van der Waals surface area contributed by atoms with E-state index in [9.17, 15) is 20.2 Å². The van der Waals surface area contributed by atoms with Crippen molar-refractivity contribution in [3.63, 3.8) is 0 Å². The first-order valence-electron chi connectivity index (χ1n) is 6.76. The van der Waals surface area contributed by atoms with Crippen LogP contribution in [-0.4, -0.2) is 9.68 Å². The maximum absolute atomic E-state index is 13.3. The quantitative estimate of drug-likeness (QED) is 0.260. The molecule has 0 fully saturated rings. The van der Waals surface area contributed by atoms with Gasteiger partial charge in [0.05, 0.1) is 17.1 Å². The molecule has 1 unspecified atom stereocenters. The summed E-state index contributed by atoms with van der Waals surface area (Å²) in [4.78, 5) is 22.8.